The van der Waals surface area contributed by atoms with E-state index in [9.17, 15) is 52.7 Å². The van der Waals surface area contributed by atoms with Crippen molar-refractivity contribution < 1.29 is 96.6 Å². The summed E-state index contributed by atoms with van der Waals surface area (Å²) in [7, 11) is 2.72. The number of nitrogens with one attached hydrogen (secondary N) is 4. The largest absolute Gasteiger partial charge is 0.477 e. The third-order valence-electron chi connectivity index (χ3n) is 18.8. The van der Waals surface area contributed by atoms with Gasteiger partial charge in [0.05, 0.1) is 27.3 Å². The lowest BCUT2D eigenvalue weighted by atomic mass is 9.96. The third kappa shape index (κ3) is 22.6. The summed E-state index contributed by atoms with van der Waals surface area (Å²) >= 11 is 34.3. The molecular formula is C65H92Cl7N10O19+. The smallest absolute Gasteiger partial charge is 0.407 e. The Morgan fingerprint density at radius 3 is 1.66 bits per heavy atom. The van der Waals surface area contributed by atoms with Crippen LogP contribution in [0.4, 0.5) is 4.79 Å². The summed E-state index contributed by atoms with van der Waals surface area (Å²) in [5, 5.41) is 20.6. The first-order chi connectivity index (χ1) is 47.1. The Kier molecular flexibility index (Phi) is 32.5. The first kappa shape index (κ1) is 85.8. The summed E-state index contributed by atoms with van der Waals surface area (Å²) < 4.78 is 21.4. The highest BCUT2D eigenvalue weighted by molar-refractivity contribution is 6.68. The van der Waals surface area contributed by atoms with Crippen LogP contribution < -0.4 is 26.6 Å². The fourth-order valence-corrected chi connectivity index (χ4v) is 14.1. The van der Waals surface area contributed by atoms with Crippen molar-refractivity contribution in [2.75, 3.05) is 86.4 Å². The van der Waals surface area contributed by atoms with Crippen LogP contribution in [0.1, 0.15) is 123 Å². The van der Waals surface area contributed by atoms with Gasteiger partial charge in [-0.3, -0.25) is 38.5 Å². The molecule has 7 N–H and O–H groups in total. The van der Waals surface area contributed by atoms with Crippen LogP contribution in [0.3, 0.4) is 0 Å². The SMILES string of the molecule is COC(=O)[C@]1(C)CCCN1.COC(=O)[C@]1(C)CCCN1C(=O)CNC(=O)OCc1ccccc1.C[C@@]12CCCN1C(=O)CNC2=O.C[C@@]12CCCN1C(=O)CNC2=O.C[C@@]12CCCN1[C@@H](C(Cl)(Cl)Cl)OC2=O.Cl.O=C(O)C[NH2+]COOCc1ccccc1.O=C1O[C@H](C(Cl)(Cl)Cl)N2CCC[C@@H]12. The van der Waals surface area contributed by atoms with E-state index in [2.05, 4.69) is 26.0 Å². The number of esters is 4. The summed E-state index contributed by atoms with van der Waals surface area (Å²) in [6, 6.07) is 18.6. The van der Waals surface area contributed by atoms with Crippen molar-refractivity contribution in [1.29, 1.82) is 0 Å². The fourth-order valence-electron chi connectivity index (χ4n) is 13.1. The van der Waals surface area contributed by atoms with E-state index in [0.29, 0.717) is 19.6 Å². The number of hydrogen-bond acceptors (Lipinski definition) is 21. The van der Waals surface area contributed by atoms with Crippen molar-refractivity contribution in [1.82, 2.24) is 45.8 Å². The third-order valence-corrected chi connectivity index (χ3v) is 19.9. The number of carboxylic acids is 1. The molecule has 101 heavy (non-hydrogen) atoms. The first-order valence-corrected chi connectivity index (χ1v) is 35.1. The van der Waals surface area contributed by atoms with Crippen molar-refractivity contribution in [3.63, 3.8) is 0 Å². The van der Waals surface area contributed by atoms with Crippen LogP contribution in [-0.4, -0.2) is 235 Å². The number of benzene rings is 2. The van der Waals surface area contributed by atoms with E-state index >= 15 is 0 Å². The van der Waals surface area contributed by atoms with Crippen LogP contribution in [-0.2, 0) is 94.6 Å². The molecule has 6 amide bonds. The van der Waals surface area contributed by atoms with Gasteiger partial charge in [-0.1, -0.05) is 130 Å². The van der Waals surface area contributed by atoms with Gasteiger partial charge in [0.25, 0.3) is 0 Å². The molecular weight excluding hydrogens is 1470 g/mol. The van der Waals surface area contributed by atoms with Crippen molar-refractivity contribution in [2.45, 2.75) is 179 Å². The molecule has 10 heterocycles. The molecule has 29 nitrogen and oxygen atoms in total. The molecule has 564 valence electrons. The van der Waals surface area contributed by atoms with Crippen molar-refractivity contribution in [3.8, 4) is 0 Å². The number of fused-ring (bicyclic) bond motifs is 4. The topological polar surface area (TPSA) is 354 Å². The number of likely N-dealkylation sites (tertiary alicyclic amines) is 1. The molecule has 10 aliphatic rings. The molecule has 0 saturated carbocycles. The zero-order valence-electron chi connectivity index (χ0n) is 57.5. The number of nitrogens with two attached hydrogens (primary N) is 1. The standard InChI is InChI=1S/C17H22N2O5.C10H13NO4.C8H10Cl3NO2.2C8H12N2O2.C7H8Cl3NO2.C7H13NO2.ClH/c1-17(15(21)23-2)9-6-10-19(17)14(20)11-18-16(22)24-12-13-7-4-3-5-8-13;12-10(13)6-11-8-15-14-7-9-4-2-1-3-5-9;1-7-3-2-4-12(7)5(8(9,10)11)14-6(7)13;2*1-8-3-2-4-10(8)6(11)5-9-7(8)12;8-7(9,10)6-11-3-1-2-4(11)5(12)13-6;1-7(6(9)10-2)4-3-5-8-7;/h3-5,7-8H,6,9-12H2,1-2H3,(H,18,22);1-5,11H,6-8H2,(H,12,13);5H,2-4H2,1H3;2*2-5H2,1H3,(H,9,12);4,6H,1-3H2;8H,3-5H2,1-2H3;1H/p+1/t17-;;5-,7+;2*8-;4-,6+;7-;/m0.10000./s1. The van der Waals surface area contributed by atoms with Crippen molar-refractivity contribution >= 4 is 147 Å². The number of aliphatic carboxylic acids is 1. The molecule has 10 aliphatic heterocycles. The molecule has 0 aromatic heterocycles. The molecule has 0 bridgehead atoms. The zero-order chi connectivity index (χ0) is 73.9. The minimum absolute atomic E-state index is 0. The highest BCUT2D eigenvalue weighted by Crippen LogP contribution is 2.47. The second kappa shape index (κ2) is 38.3. The van der Waals surface area contributed by atoms with E-state index in [-0.39, 0.29) is 105 Å². The lowest BCUT2D eigenvalue weighted by molar-refractivity contribution is -0.703. The van der Waals surface area contributed by atoms with Crippen LogP contribution in [0.2, 0.25) is 0 Å². The number of cyclic esters (lactones) is 2. The van der Waals surface area contributed by atoms with Crippen LogP contribution in [0.25, 0.3) is 0 Å². The molecule has 10 saturated heterocycles. The molecule has 12 rings (SSSR count). The minimum Gasteiger partial charge on any atom is -0.477 e. The summed E-state index contributed by atoms with van der Waals surface area (Å²) in [6.07, 6.45) is 8.01. The Morgan fingerprint density at radius 2 is 1.16 bits per heavy atom. The van der Waals surface area contributed by atoms with E-state index in [4.69, 9.17) is 103 Å². The summed E-state index contributed by atoms with van der Waals surface area (Å²) in [4.78, 5) is 144. The Balaban J connectivity index is 0.000000216. The van der Waals surface area contributed by atoms with Crippen molar-refractivity contribution in [2.24, 2.45) is 0 Å². The highest BCUT2D eigenvalue weighted by Gasteiger charge is 2.60. The number of carbonyl (C=O) groups is 11. The average molecular weight is 1570 g/mol. The number of halogens is 7. The monoisotopic (exact) mass is 1560 g/mol. The van der Waals surface area contributed by atoms with Gasteiger partial charge in [0.1, 0.15) is 53.5 Å². The molecule has 0 aliphatic carbocycles. The zero-order valence-corrected chi connectivity index (χ0v) is 62.8. The van der Waals surface area contributed by atoms with Gasteiger partial charge in [-0.05, 0) is 129 Å². The lowest BCUT2D eigenvalue weighted by Crippen LogP contribution is -2.86. The van der Waals surface area contributed by atoms with E-state index in [1.54, 1.807) is 16.7 Å². The van der Waals surface area contributed by atoms with Gasteiger partial charge in [-0.15, -0.1) is 12.4 Å². The molecule has 36 heteroatoms. The van der Waals surface area contributed by atoms with E-state index in [1.165, 1.54) is 24.4 Å². The van der Waals surface area contributed by atoms with Gasteiger partial charge >= 0.3 is 35.9 Å². The maximum absolute atomic E-state index is 12.3. The number of rotatable bonds is 13. The predicted molar refractivity (Wildman–Crippen MR) is 372 cm³/mol. The maximum atomic E-state index is 12.3. The number of nitrogens with zero attached hydrogens (tertiary/aromatic N) is 5. The van der Waals surface area contributed by atoms with E-state index in [0.717, 1.165) is 114 Å². The second-order valence-electron chi connectivity index (χ2n) is 25.9. The van der Waals surface area contributed by atoms with E-state index < -0.39 is 65.8 Å². The van der Waals surface area contributed by atoms with Crippen molar-refractivity contribution in [3.05, 3.63) is 71.8 Å². The van der Waals surface area contributed by atoms with Crippen LogP contribution in [0, 0.1) is 0 Å². The fraction of sp³-hybridized carbons (Fsp3) is 0.646. The average Bonchev–Trinajstić information content (AvgIpc) is 1.60. The summed E-state index contributed by atoms with van der Waals surface area (Å²) in [5.74, 6) is -2.26. The van der Waals surface area contributed by atoms with Gasteiger partial charge in [0.15, 0.2) is 6.54 Å². The molecule has 8 atom stereocenters. The van der Waals surface area contributed by atoms with Gasteiger partial charge in [-0.2, -0.15) is 4.89 Å². The molecule has 0 radical (unpaired) electrons. The minimum atomic E-state index is -1.57. The maximum Gasteiger partial charge on any atom is 0.407 e. The van der Waals surface area contributed by atoms with E-state index in [1.807, 2.05) is 98.2 Å². The highest BCUT2D eigenvalue weighted by atomic mass is 35.6. The number of quaternary nitrogens is 1. The quantitative estimate of drug-likeness (QED) is 0.0300. The number of alkyl carbamates (subject to hydrolysis) is 1. The normalized spacial score (nSPS) is 27.5. The number of hydrogen-bond donors (Lipinski definition) is 6. The predicted octanol–water partition coefficient (Wildman–Crippen LogP) is 4.72. The van der Waals surface area contributed by atoms with Gasteiger partial charge < -0.3 is 70.1 Å². The lowest BCUT2D eigenvalue weighted by Gasteiger charge is -2.37. The Morgan fingerprint density at radius 1 is 0.634 bits per heavy atom. The second-order valence-corrected chi connectivity index (χ2v) is 30.6. The van der Waals surface area contributed by atoms with Crippen LogP contribution >= 0.6 is 82.0 Å². The summed E-state index contributed by atoms with van der Waals surface area (Å²) in [5.41, 5.74) is -1.19. The Hall–Kier alpha value is -5.80. The van der Waals surface area contributed by atoms with Crippen LogP contribution in [0.5, 0.6) is 0 Å². The number of piperazine rings is 2. The van der Waals surface area contributed by atoms with Gasteiger partial charge in [0, 0.05) is 32.7 Å². The van der Waals surface area contributed by atoms with Gasteiger partial charge in [0.2, 0.25) is 56.3 Å². The molecule has 10 fully saturated rings. The Bertz CT molecular complexity index is 3140. The number of methoxy groups -OCH3 is 2. The Labute approximate surface area is 623 Å². The number of alkyl halides is 6. The molecule has 0 unspecified atom stereocenters. The first-order valence-electron chi connectivity index (χ1n) is 32.8. The molecule has 2 aromatic carbocycles. The van der Waals surface area contributed by atoms with Gasteiger partial charge in [-0.25, -0.2) is 29.0 Å². The number of amides is 6. The molecule has 0 spiro atoms. The summed E-state index contributed by atoms with van der Waals surface area (Å²) in [6.45, 7) is 14.2. The number of carbonyl (C=O) groups excluding carboxylic acids is 10. The van der Waals surface area contributed by atoms with Crippen LogP contribution in [0.15, 0.2) is 60.7 Å². The number of ether oxygens (including phenoxy) is 5. The number of carboxylic acid groups (broad SMARTS) is 1. The molecule has 2 aromatic rings.